The minimum Gasteiger partial charge on any atom is -0.342 e. The molecule has 0 fully saturated rings. The number of H-pyrrole nitrogens is 1. The van der Waals surface area contributed by atoms with Crippen LogP contribution in [0.15, 0.2) is 18.9 Å². The Morgan fingerprint density at radius 2 is 2.20 bits per heavy atom. The normalized spacial score (nSPS) is 9.20. The second kappa shape index (κ2) is 2.79. The third kappa shape index (κ3) is 1.02. The van der Waals surface area contributed by atoms with Crippen LogP contribution in [-0.2, 0) is 0 Å². The Morgan fingerprint density at radius 1 is 1.30 bits per heavy atom. The van der Waals surface area contributed by atoms with Gasteiger partial charge >= 0.3 is 0 Å². The zero-order chi connectivity index (χ0) is 6.10. The molecule has 0 aliphatic rings. The number of rotatable bonds is 0. The zero-order valence-electron chi connectivity index (χ0n) is 5.02. The molecule has 2 aromatic heterocycles. The molecule has 0 bridgehead atoms. The first-order valence-corrected chi connectivity index (χ1v) is 2.56. The molecule has 0 saturated carbocycles. The van der Waals surface area contributed by atoms with Gasteiger partial charge in [-0.15, -0.1) is 0 Å². The smallest absolute Gasteiger partial charge is 0.180 e. The number of imidazole rings is 1. The fourth-order valence-electron chi connectivity index (χ4n) is 0.691. The number of hydrogen-bond acceptors (Lipinski definition) is 3. The van der Waals surface area contributed by atoms with E-state index in [0.717, 1.165) is 5.52 Å². The minimum absolute atomic E-state index is 0. The molecule has 3 radical (unpaired) electrons. The molecule has 0 aromatic carbocycles. The van der Waals surface area contributed by atoms with E-state index in [1.54, 1.807) is 12.5 Å². The van der Waals surface area contributed by atoms with Crippen LogP contribution in [0.1, 0.15) is 0 Å². The second-order valence-corrected chi connectivity index (χ2v) is 1.66. The number of fused-ring (bicyclic) bond motifs is 1. The molecule has 2 rings (SSSR count). The van der Waals surface area contributed by atoms with Crippen molar-refractivity contribution < 1.29 is 0 Å². The van der Waals surface area contributed by atoms with Crippen molar-refractivity contribution in [2.24, 2.45) is 0 Å². The number of hydrogen-bond donors (Lipinski definition) is 1. The van der Waals surface area contributed by atoms with E-state index in [1.165, 1.54) is 6.33 Å². The van der Waals surface area contributed by atoms with Crippen LogP contribution in [0, 0.1) is 0 Å². The monoisotopic (exact) mass is 195 g/mol. The van der Waals surface area contributed by atoms with E-state index in [-0.39, 0.29) is 18.0 Å². The van der Waals surface area contributed by atoms with E-state index in [2.05, 4.69) is 19.9 Å². The van der Waals surface area contributed by atoms with Gasteiger partial charge in [-0.2, -0.15) is 0 Å². The first-order chi connectivity index (χ1) is 4.47. The predicted molar refractivity (Wildman–Crippen MR) is 37.4 cm³/mol. The molecule has 2 aromatic rings. The van der Waals surface area contributed by atoms with Crippen LogP contribution in [0.4, 0.5) is 0 Å². The van der Waals surface area contributed by atoms with E-state index in [1.807, 2.05) is 0 Å². The Balaban J connectivity index is 0.000000500. The van der Waals surface area contributed by atoms with Crippen molar-refractivity contribution in [3.8, 4) is 0 Å². The summed E-state index contributed by atoms with van der Waals surface area (Å²) in [6.07, 6.45) is 4.76. The summed E-state index contributed by atoms with van der Waals surface area (Å²) in [6.45, 7) is 0. The standard InChI is InChI=1S/C5H4N4.As/c1-4-5(8-2-6-1)9-3-7-4;/h1-3H,(H,6,7,8,9);. The molecule has 5 heteroatoms. The van der Waals surface area contributed by atoms with Crippen LogP contribution in [0.2, 0.25) is 0 Å². The molecule has 0 spiro atoms. The van der Waals surface area contributed by atoms with Crippen LogP contribution in [0.25, 0.3) is 11.2 Å². The predicted octanol–water partition coefficient (Wildman–Crippen LogP) is -0.0279. The summed E-state index contributed by atoms with van der Waals surface area (Å²) < 4.78 is 0. The maximum atomic E-state index is 3.91. The second-order valence-electron chi connectivity index (χ2n) is 1.66. The van der Waals surface area contributed by atoms with Crippen molar-refractivity contribution in [2.75, 3.05) is 0 Å². The van der Waals surface area contributed by atoms with Gasteiger partial charge in [0.25, 0.3) is 0 Å². The Bertz CT molecular complexity index is 288. The van der Waals surface area contributed by atoms with Crippen molar-refractivity contribution in [3.63, 3.8) is 0 Å². The summed E-state index contributed by atoms with van der Waals surface area (Å²) in [4.78, 5) is 14.5. The van der Waals surface area contributed by atoms with E-state index in [4.69, 9.17) is 0 Å². The summed E-state index contributed by atoms with van der Waals surface area (Å²) in [7, 11) is 0. The third-order valence-corrected chi connectivity index (χ3v) is 1.10. The molecule has 49 valence electrons. The summed E-state index contributed by atoms with van der Waals surface area (Å²) in [5.74, 6) is 0. The molecule has 0 aliphatic heterocycles. The molecule has 1 N–H and O–H groups in total. The molecular weight excluding hydrogens is 191 g/mol. The van der Waals surface area contributed by atoms with E-state index >= 15 is 0 Å². The van der Waals surface area contributed by atoms with E-state index in [0.29, 0.717) is 5.65 Å². The van der Waals surface area contributed by atoms with Crippen LogP contribution in [-0.4, -0.2) is 37.9 Å². The van der Waals surface area contributed by atoms with Crippen molar-refractivity contribution in [3.05, 3.63) is 18.9 Å². The molecule has 0 unspecified atom stereocenters. The molecule has 2 heterocycles. The Hall–Kier alpha value is -0.892. The molecule has 4 nitrogen and oxygen atoms in total. The average Bonchev–Trinajstić information content (AvgIpc) is 2.33. The SMILES string of the molecule is [As].c1ncc2[nH]cnc2n1. The van der Waals surface area contributed by atoms with Gasteiger partial charge in [-0.05, 0) is 0 Å². The van der Waals surface area contributed by atoms with Gasteiger partial charge in [0.1, 0.15) is 11.8 Å². The van der Waals surface area contributed by atoms with Gasteiger partial charge in [0.2, 0.25) is 0 Å². The van der Waals surface area contributed by atoms with E-state index in [9.17, 15) is 0 Å². The first-order valence-electron chi connectivity index (χ1n) is 2.56. The van der Waals surface area contributed by atoms with E-state index < -0.39 is 0 Å². The van der Waals surface area contributed by atoms with Crippen molar-refractivity contribution >= 4 is 29.1 Å². The maximum absolute atomic E-state index is 3.91. The third-order valence-electron chi connectivity index (χ3n) is 1.10. The minimum atomic E-state index is 0. The van der Waals surface area contributed by atoms with Gasteiger partial charge in [0, 0.05) is 18.0 Å². The summed E-state index contributed by atoms with van der Waals surface area (Å²) >= 11 is 0. The van der Waals surface area contributed by atoms with Crippen molar-refractivity contribution in [1.82, 2.24) is 19.9 Å². The fraction of sp³-hybridized carbons (Fsp3) is 0. The molecular formula is C5H4AsN4. The Kier molecular flexibility index (Phi) is 2.02. The molecule has 0 aliphatic carbocycles. The fourth-order valence-corrected chi connectivity index (χ4v) is 0.691. The average molecular weight is 195 g/mol. The number of aromatic amines is 1. The maximum Gasteiger partial charge on any atom is 0.180 e. The quantitative estimate of drug-likeness (QED) is 0.600. The van der Waals surface area contributed by atoms with Crippen LogP contribution in [0.5, 0.6) is 0 Å². The topological polar surface area (TPSA) is 54.5 Å². The van der Waals surface area contributed by atoms with Gasteiger partial charge in [-0.25, -0.2) is 15.0 Å². The largest absolute Gasteiger partial charge is 0.342 e. The zero-order valence-corrected chi connectivity index (χ0v) is 6.90. The Labute approximate surface area is 68.4 Å². The van der Waals surface area contributed by atoms with Crippen molar-refractivity contribution in [1.29, 1.82) is 0 Å². The Morgan fingerprint density at radius 3 is 3.00 bits per heavy atom. The number of nitrogens with zero attached hydrogens (tertiary/aromatic N) is 3. The molecule has 0 atom stereocenters. The van der Waals surface area contributed by atoms with Gasteiger partial charge < -0.3 is 4.98 Å². The summed E-state index contributed by atoms with van der Waals surface area (Å²) in [6, 6.07) is 0. The number of nitrogens with one attached hydrogen (secondary N) is 1. The molecule has 0 amide bonds. The van der Waals surface area contributed by atoms with Crippen LogP contribution >= 0.6 is 0 Å². The van der Waals surface area contributed by atoms with Crippen molar-refractivity contribution in [2.45, 2.75) is 0 Å². The van der Waals surface area contributed by atoms with Gasteiger partial charge in [-0.3, -0.25) is 0 Å². The summed E-state index contributed by atoms with van der Waals surface area (Å²) in [5, 5.41) is 0. The first kappa shape index (κ1) is 7.22. The van der Waals surface area contributed by atoms with Gasteiger partial charge in [0.15, 0.2) is 5.65 Å². The van der Waals surface area contributed by atoms with Crippen LogP contribution in [0.3, 0.4) is 0 Å². The van der Waals surface area contributed by atoms with Crippen LogP contribution < -0.4 is 0 Å². The van der Waals surface area contributed by atoms with Gasteiger partial charge in [0.05, 0.1) is 12.5 Å². The van der Waals surface area contributed by atoms with Gasteiger partial charge in [-0.1, -0.05) is 0 Å². The summed E-state index contributed by atoms with van der Waals surface area (Å²) in [5.41, 5.74) is 1.59. The molecule has 0 saturated heterocycles. The number of aromatic nitrogens is 4. The molecule has 10 heavy (non-hydrogen) atoms.